The third-order valence-electron chi connectivity index (χ3n) is 4.24. The maximum absolute atomic E-state index is 12.4. The van der Waals surface area contributed by atoms with Crippen LogP contribution in [0, 0.1) is 5.92 Å². The summed E-state index contributed by atoms with van der Waals surface area (Å²) < 4.78 is 0. The molecular formula is C17H25ClN2O2. The molecule has 5 heteroatoms. The Kier molecular flexibility index (Phi) is 7.56. The first-order valence-electron chi connectivity index (χ1n) is 7.66. The first kappa shape index (κ1) is 18.7. The number of nitrogens with zero attached hydrogens (tertiary/aromatic N) is 1. The number of rotatable bonds is 5. The minimum atomic E-state index is 0. The molecule has 1 aliphatic heterocycles. The van der Waals surface area contributed by atoms with E-state index in [0.717, 1.165) is 38.4 Å². The van der Waals surface area contributed by atoms with Crippen molar-refractivity contribution in [3.8, 4) is 0 Å². The SMILES string of the molecule is CNCCC1CCN(C(=O)c2ccc(C(C)=O)cc2)CC1.Cl. The van der Waals surface area contributed by atoms with Gasteiger partial charge in [0.15, 0.2) is 5.78 Å². The van der Waals surface area contributed by atoms with Crippen LogP contribution in [0.3, 0.4) is 0 Å². The maximum Gasteiger partial charge on any atom is 0.253 e. The number of hydrogen-bond acceptors (Lipinski definition) is 3. The Morgan fingerprint density at radius 1 is 1.14 bits per heavy atom. The second-order valence-electron chi connectivity index (χ2n) is 5.76. The predicted octanol–water partition coefficient (Wildman–Crippen LogP) is 2.77. The van der Waals surface area contributed by atoms with Crippen LogP contribution in [0.25, 0.3) is 0 Å². The summed E-state index contributed by atoms with van der Waals surface area (Å²) in [4.78, 5) is 25.6. The number of hydrogen-bond donors (Lipinski definition) is 1. The minimum Gasteiger partial charge on any atom is -0.339 e. The molecule has 2 rings (SSSR count). The van der Waals surface area contributed by atoms with E-state index in [2.05, 4.69) is 5.32 Å². The standard InChI is InChI=1S/C17H24N2O2.ClH/c1-13(20)15-3-5-16(6-4-15)17(21)19-11-8-14(9-12-19)7-10-18-2;/h3-6,14,18H,7-12H2,1-2H3;1H. The van der Waals surface area contributed by atoms with Crippen LogP contribution in [0.15, 0.2) is 24.3 Å². The van der Waals surface area contributed by atoms with Gasteiger partial charge in [-0.15, -0.1) is 12.4 Å². The lowest BCUT2D eigenvalue weighted by Crippen LogP contribution is -2.38. The summed E-state index contributed by atoms with van der Waals surface area (Å²) >= 11 is 0. The van der Waals surface area contributed by atoms with Crippen LogP contribution >= 0.6 is 12.4 Å². The number of Topliss-reactive ketones (excluding diaryl/α,β-unsaturated/α-hetero) is 1. The molecule has 0 aliphatic carbocycles. The molecule has 1 heterocycles. The molecule has 0 spiro atoms. The predicted molar refractivity (Wildman–Crippen MR) is 90.9 cm³/mol. The van der Waals surface area contributed by atoms with E-state index in [1.54, 1.807) is 24.3 Å². The number of nitrogens with one attached hydrogen (secondary N) is 1. The summed E-state index contributed by atoms with van der Waals surface area (Å²) in [5.41, 5.74) is 1.32. The van der Waals surface area contributed by atoms with E-state index >= 15 is 0 Å². The zero-order valence-electron chi connectivity index (χ0n) is 13.3. The van der Waals surface area contributed by atoms with Gasteiger partial charge < -0.3 is 10.2 Å². The Morgan fingerprint density at radius 3 is 2.18 bits per heavy atom. The van der Waals surface area contributed by atoms with Crippen molar-refractivity contribution in [2.75, 3.05) is 26.7 Å². The van der Waals surface area contributed by atoms with Gasteiger partial charge in [0.25, 0.3) is 5.91 Å². The van der Waals surface area contributed by atoms with Crippen LogP contribution in [0.4, 0.5) is 0 Å². The van der Waals surface area contributed by atoms with Crippen molar-refractivity contribution < 1.29 is 9.59 Å². The molecule has 1 aromatic carbocycles. The van der Waals surface area contributed by atoms with Crippen LogP contribution in [-0.2, 0) is 0 Å². The van der Waals surface area contributed by atoms with E-state index in [1.807, 2.05) is 11.9 Å². The Morgan fingerprint density at radius 2 is 1.68 bits per heavy atom. The van der Waals surface area contributed by atoms with Gasteiger partial charge >= 0.3 is 0 Å². The second-order valence-corrected chi connectivity index (χ2v) is 5.76. The summed E-state index contributed by atoms with van der Waals surface area (Å²) in [6.07, 6.45) is 3.35. The zero-order chi connectivity index (χ0) is 15.2. The Bertz CT molecular complexity index is 494. The zero-order valence-corrected chi connectivity index (χ0v) is 14.1. The molecular weight excluding hydrogens is 300 g/mol. The van der Waals surface area contributed by atoms with Crippen LogP contribution < -0.4 is 5.32 Å². The van der Waals surface area contributed by atoms with Gasteiger partial charge in [-0.25, -0.2) is 0 Å². The highest BCUT2D eigenvalue weighted by Gasteiger charge is 2.23. The normalized spacial score (nSPS) is 15.3. The molecule has 1 saturated heterocycles. The topological polar surface area (TPSA) is 49.4 Å². The van der Waals surface area contributed by atoms with Gasteiger partial charge in [0, 0.05) is 24.2 Å². The molecule has 1 N–H and O–H groups in total. The molecule has 0 aromatic heterocycles. The van der Waals surface area contributed by atoms with E-state index in [1.165, 1.54) is 13.3 Å². The molecule has 1 aromatic rings. The van der Waals surface area contributed by atoms with Gasteiger partial charge in [0.05, 0.1) is 0 Å². The molecule has 22 heavy (non-hydrogen) atoms. The lowest BCUT2D eigenvalue weighted by atomic mass is 9.93. The third kappa shape index (κ3) is 4.82. The van der Waals surface area contributed by atoms with Gasteiger partial charge in [-0.2, -0.15) is 0 Å². The number of piperidine rings is 1. The van der Waals surface area contributed by atoms with Gasteiger partial charge in [-0.1, -0.05) is 12.1 Å². The number of halogens is 1. The highest BCUT2D eigenvalue weighted by Crippen LogP contribution is 2.21. The van der Waals surface area contributed by atoms with Crippen LogP contribution in [0.2, 0.25) is 0 Å². The molecule has 1 fully saturated rings. The average molecular weight is 325 g/mol. The quantitative estimate of drug-likeness (QED) is 0.847. The van der Waals surface area contributed by atoms with Crippen LogP contribution in [0.5, 0.6) is 0 Å². The number of amides is 1. The average Bonchev–Trinajstić information content (AvgIpc) is 2.53. The molecule has 0 bridgehead atoms. The molecule has 0 atom stereocenters. The van der Waals surface area contributed by atoms with E-state index in [4.69, 9.17) is 0 Å². The summed E-state index contributed by atoms with van der Waals surface area (Å²) in [5.74, 6) is 0.832. The van der Waals surface area contributed by atoms with Gasteiger partial charge in [0.2, 0.25) is 0 Å². The molecule has 122 valence electrons. The lowest BCUT2D eigenvalue weighted by molar-refractivity contribution is 0.0686. The lowest BCUT2D eigenvalue weighted by Gasteiger charge is -2.32. The van der Waals surface area contributed by atoms with Crippen molar-refractivity contribution in [1.29, 1.82) is 0 Å². The van der Waals surface area contributed by atoms with E-state index in [9.17, 15) is 9.59 Å². The van der Waals surface area contributed by atoms with Crippen molar-refractivity contribution in [3.05, 3.63) is 35.4 Å². The van der Waals surface area contributed by atoms with Crippen LogP contribution in [0.1, 0.15) is 46.9 Å². The largest absolute Gasteiger partial charge is 0.339 e. The fourth-order valence-electron chi connectivity index (χ4n) is 2.80. The maximum atomic E-state index is 12.4. The molecule has 0 unspecified atom stereocenters. The first-order valence-corrected chi connectivity index (χ1v) is 7.66. The number of carbonyl (C=O) groups is 2. The van der Waals surface area contributed by atoms with Crippen molar-refractivity contribution in [2.24, 2.45) is 5.92 Å². The number of carbonyl (C=O) groups excluding carboxylic acids is 2. The minimum absolute atomic E-state index is 0. The number of likely N-dealkylation sites (tertiary alicyclic amines) is 1. The summed E-state index contributed by atoms with van der Waals surface area (Å²) in [6.45, 7) is 4.25. The summed E-state index contributed by atoms with van der Waals surface area (Å²) in [6, 6.07) is 6.97. The second kappa shape index (κ2) is 8.91. The summed E-state index contributed by atoms with van der Waals surface area (Å²) in [7, 11) is 1.98. The molecule has 0 radical (unpaired) electrons. The third-order valence-corrected chi connectivity index (χ3v) is 4.24. The summed E-state index contributed by atoms with van der Waals surface area (Å²) in [5, 5.41) is 3.18. The fourth-order valence-corrected chi connectivity index (χ4v) is 2.80. The Labute approximate surface area is 138 Å². The van der Waals surface area contributed by atoms with Gasteiger partial charge in [-0.3, -0.25) is 9.59 Å². The highest BCUT2D eigenvalue weighted by atomic mass is 35.5. The van der Waals surface area contributed by atoms with E-state index in [0.29, 0.717) is 11.1 Å². The first-order chi connectivity index (χ1) is 10.1. The van der Waals surface area contributed by atoms with Gasteiger partial charge in [0.1, 0.15) is 0 Å². The van der Waals surface area contributed by atoms with Crippen molar-refractivity contribution in [3.63, 3.8) is 0 Å². The Balaban J connectivity index is 0.00000242. The molecule has 1 amide bonds. The molecule has 4 nitrogen and oxygen atoms in total. The smallest absolute Gasteiger partial charge is 0.253 e. The van der Waals surface area contributed by atoms with E-state index < -0.39 is 0 Å². The highest BCUT2D eigenvalue weighted by molar-refractivity contribution is 5.97. The molecule has 0 saturated carbocycles. The van der Waals surface area contributed by atoms with Crippen LogP contribution in [-0.4, -0.2) is 43.3 Å². The number of benzene rings is 1. The monoisotopic (exact) mass is 324 g/mol. The Hall–Kier alpha value is -1.39. The van der Waals surface area contributed by atoms with Crippen molar-refractivity contribution in [2.45, 2.75) is 26.2 Å². The molecule has 1 aliphatic rings. The van der Waals surface area contributed by atoms with E-state index in [-0.39, 0.29) is 24.1 Å². The number of ketones is 1. The van der Waals surface area contributed by atoms with Crippen molar-refractivity contribution >= 4 is 24.1 Å². The fraction of sp³-hybridized carbons (Fsp3) is 0.529. The van der Waals surface area contributed by atoms with Gasteiger partial charge in [-0.05, 0) is 57.8 Å². The van der Waals surface area contributed by atoms with Crippen molar-refractivity contribution in [1.82, 2.24) is 10.2 Å².